The number of aromatic nitrogens is 5. The highest BCUT2D eigenvalue weighted by molar-refractivity contribution is 7.98. The first-order valence-electron chi connectivity index (χ1n) is 8.97. The summed E-state index contributed by atoms with van der Waals surface area (Å²) in [5, 5.41) is 6.83. The van der Waals surface area contributed by atoms with Crippen LogP contribution in [0.2, 0.25) is 0 Å². The largest absolute Gasteiger partial charge is 0.242 e. The van der Waals surface area contributed by atoms with Crippen LogP contribution in [0, 0.1) is 6.92 Å². The van der Waals surface area contributed by atoms with E-state index in [0.717, 1.165) is 33.7 Å². The number of aryl methyl sites for hydroxylation is 2. The van der Waals surface area contributed by atoms with E-state index in [4.69, 9.17) is 10.1 Å². The molecule has 0 aliphatic carbocycles. The molecule has 0 bridgehead atoms. The topological polar surface area (TPSA) is 56.5 Å². The molecule has 0 spiro atoms. The van der Waals surface area contributed by atoms with Gasteiger partial charge in [0.15, 0.2) is 11.5 Å². The fraction of sp³-hybridized carbons (Fsp3) is 0.238. The van der Waals surface area contributed by atoms with E-state index in [-0.39, 0.29) is 0 Å². The molecule has 0 atom stereocenters. The maximum absolute atomic E-state index is 4.85. The molecule has 0 aliphatic rings. The molecule has 0 unspecified atom stereocenters. The Labute approximate surface area is 162 Å². The van der Waals surface area contributed by atoms with Gasteiger partial charge in [-0.2, -0.15) is 5.10 Å². The Morgan fingerprint density at radius 3 is 2.67 bits per heavy atom. The number of thioether (sulfide) groups is 1. The SMILES string of the molecule is CCc1cnc(-c2nn(Cc3ccccc3C)c3ncccc23)nc1SC. The van der Waals surface area contributed by atoms with Gasteiger partial charge in [-0.1, -0.05) is 31.2 Å². The van der Waals surface area contributed by atoms with Crippen molar-refractivity contribution in [2.45, 2.75) is 31.8 Å². The molecular formula is C21H21N5S. The Morgan fingerprint density at radius 2 is 1.89 bits per heavy atom. The van der Waals surface area contributed by atoms with E-state index in [9.17, 15) is 0 Å². The molecule has 3 heterocycles. The van der Waals surface area contributed by atoms with Crippen LogP contribution in [-0.2, 0) is 13.0 Å². The summed E-state index contributed by atoms with van der Waals surface area (Å²) in [5.74, 6) is 0.651. The number of hydrogen-bond acceptors (Lipinski definition) is 5. The number of hydrogen-bond donors (Lipinski definition) is 0. The van der Waals surface area contributed by atoms with Gasteiger partial charge in [0, 0.05) is 18.0 Å². The van der Waals surface area contributed by atoms with Gasteiger partial charge in [0.1, 0.15) is 10.7 Å². The quantitative estimate of drug-likeness (QED) is 0.379. The van der Waals surface area contributed by atoms with Crippen molar-refractivity contribution in [1.29, 1.82) is 0 Å². The monoisotopic (exact) mass is 375 g/mol. The van der Waals surface area contributed by atoms with Crippen LogP contribution in [0.4, 0.5) is 0 Å². The minimum absolute atomic E-state index is 0.651. The minimum Gasteiger partial charge on any atom is -0.242 e. The Morgan fingerprint density at radius 1 is 1.04 bits per heavy atom. The molecule has 0 saturated carbocycles. The Hall–Kier alpha value is -2.73. The molecule has 136 valence electrons. The maximum Gasteiger partial charge on any atom is 0.181 e. The molecule has 0 radical (unpaired) electrons. The Balaban J connectivity index is 1.84. The fourth-order valence-electron chi connectivity index (χ4n) is 3.16. The third kappa shape index (κ3) is 3.32. The van der Waals surface area contributed by atoms with Crippen LogP contribution in [0.3, 0.4) is 0 Å². The van der Waals surface area contributed by atoms with E-state index < -0.39 is 0 Å². The number of benzene rings is 1. The van der Waals surface area contributed by atoms with E-state index in [0.29, 0.717) is 12.4 Å². The van der Waals surface area contributed by atoms with Gasteiger partial charge >= 0.3 is 0 Å². The summed E-state index contributed by atoms with van der Waals surface area (Å²) in [6, 6.07) is 12.3. The summed E-state index contributed by atoms with van der Waals surface area (Å²) >= 11 is 1.64. The van der Waals surface area contributed by atoms with Crippen molar-refractivity contribution < 1.29 is 0 Å². The van der Waals surface area contributed by atoms with Crippen LogP contribution in [0.25, 0.3) is 22.6 Å². The summed E-state index contributed by atoms with van der Waals surface area (Å²) in [4.78, 5) is 13.9. The van der Waals surface area contributed by atoms with Crippen LogP contribution in [0.1, 0.15) is 23.6 Å². The van der Waals surface area contributed by atoms with Crippen LogP contribution >= 0.6 is 11.8 Å². The maximum atomic E-state index is 4.85. The summed E-state index contributed by atoms with van der Waals surface area (Å²) in [5.41, 5.74) is 5.26. The van der Waals surface area contributed by atoms with Crippen LogP contribution in [0.5, 0.6) is 0 Å². The molecule has 0 N–H and O–H groups in total. The molecule has 0 aliphatic heterocycles. The predicted octanol–water partition coefficient (Wildman–Crippen LogP) is 4.53. The molecule has 5 nitrogen and oxygen atoms in total. The average molecular weight is 376 g/mol. The number of rotatable bonds is 5. The van der Waals surface area contributed by atoms with Crippen molar-refractivity contribution in [3.8, 4) is 11.5 Å². The second-order valence-corrected chi connectivity index (χ2v) is 7.18. The lowest BCUT2D eigenvalue weighted by Gasteiger charge is -2.06. The lowest BCUT2D eigenvalue weighted by molar-refractivity contribution is 0.702. The van der Waals surface area contributed by atoms with Crippen LogP contribution < -0.4 is 0 Å². The normalized spacial score (nSPS) is 11.2. The molecule has 4 aromatic rings. The van der Waals surface area contributed by atoms with E-state index in [1.54, 1.807) is 18.0 Å². The second-order valence-electron chi connectivity index (χ2n) is 6.39. The molecular weight excluding hydrogens is 354 g/mol. The van der Waals surface area contributed by atoms with E-state index in [2.05, 4.69) is 48.1 Å². The van der Waals surface area contributed by atoms with Crippen molar-refractivity contribution in [2.75, 3.05) is 6.26 Å². The molecule has 0 amide bonds. The van der Waals surface area contributed by atoms with Crippen molar-refractivity contribution >= 4 is 22.8 Å². The standard InChI is InChI=1S/C21H21N5S/c1-4-15-12-23-19(24-21(15)27-3)18-17-10-7-11-22-20(17)26(25-18)13-16-9-6-5-8-14(16)2/h5-12H,4,13H2,1-3H3. The molecule has 0 fully saturated rings. The Kier molecular flexibility index (Phi) is 4.90. The summed E-state index contributed by atoms with van der Waals surface area (Å²) in [6.07, 6.45) is 6.68. The van der Waals surface area contributed by atoms with Crippen molar-refractivity contribution in [3.05, 3.63) is 65.5 Å². The van der Waals surface area contributed by atoms with Gasteiger partial charge in [0.05, 0.1) is 11.9 Å². The van der Waals surface area contributed by atoms with Gasteiger partial charge < -0.3 is 0 Å². The van der Waals surface area contributed by atoms with Gasteiger partial charge in [-0.15, -0.1) is 11.8 Å². The van der Waals surface area contributed by atoms with Gasteiger partial charge in [-0.3, -0.25) is 0 Å². The highest BCUT2D eigenvalue weighted by atomic mass is 32.2. The third-order valence-corrected chi connectivity index (χ3v) is 5.44. The molecule has 0 saturated heterocycles. The Bertz CT molecular complexity index is 1100. The fourth-order valence-corrected chi connectivity index (χ4v) is 3.80. The minimum atomic E-state index is 0.651. The predicted molar refractivity (Wildman–Crippen MR) is 110 cm³/mol. The highest BCUT2D eigenvalue weighted by Crippen LogP contribution is 2.27. The van der Waals surface area contributed by atoms with E-state index in [1.807, 2.05) is 29.3 Å². The van der Waals surface area contributed by atoms with Gasteiger partial charge in [-0.25, -0.2) is 19.6 Å². The zero-order valence-corrected chi connectivity index (χ0v) is 16.5. The second kappa shape index (κ2) is 7.48. The first-order chi connectivity index (χ1) is 13.2. The van der Waals surface area contributed by atoms with Crippen molar-refractivity contribution in [3.63, 3.8) is 0 Å². The van der Waals surface area contributed by atoms with Crippen molar-refractivity contribution in [1.82, 2.24) is 24.7 Å². The lowest BCUT2D eigenvalue weighted by Crippen LogP contribution is -2.04. The first kappa shape index (κ1) is 17.7. The third-order valence-electron chi connectivity index (χ3n) is 4.70. The zero-order valence-electron chi connectivity index (χ0n) is 15.7. The van der Waals surface area contributed by atoms with Gasteiger partial charge in [-0.05, 0) is 42.9 Å². The molecule has 4 rings (SSSR count). The highest BCUT2D eigenvalue weighted by Gasteiger charge is 2.17. The van der Waals surface area contributed by atoms with Crippen molar-refractivity contribution in [2.24, 2.45) is 0 Å². The van der Waals surface area contributed by atoms with E-state index in [1.165, 1.54) is 11.1 Å². The number of nitrogens with zero attached hydrogens (tertiary/aromatic N) is 5. The van der Waals surface area contributed by atoms with Crippen LogP contribution in [-0.4, -0.2) is 31.0 Å². The molecule has 27 heavy (non-hydrogen) atoms. The average Bonchev–Trinajstić information content (AvgIpc) is 3.08. The number of pyridine rings is 1. The molecule has 1 aromatic carbocycles. The van der Waals surface area contributed by atoms with Gasteiger partial charge in [0.2, 0.25) is 0 Å². The lowest BCUT2D eigenvalue weighted by atomic mass is 10.1. The van der Waals surface area contributed by atoms with Crippen LogP contribution in [0.15, 0.2) is 53.8 Å². The first-order valence-corrected chi connectivity index (χ1v) is 10.2. The molecule has 3 aromatic heterocycles. The van der Waals surface area contributed by atoms with E-state index >= 15 is 0 Å². The summed E-state index contributed by atoms with van der Waals surface area (Å²) < 4.78 is 1.95. The van der Waals surface area contributed by atoms with Gasteiger partial charge in [0.25, 0.3) is 0 Å². The zero-order chi connectivity index (χ0) is 18.8. The number of fused-ring (bicyclic) bond motifs is 1. The smallest absolute Gasteiger partial charge is 0.181 e. The summed E-state index contributed by atoms with van der Waals surface area (Å²) in [7, 11) is 0. The molecule has 6 heteroatoms. The summed E-state index contributed by atoms with van der Waals surface area (Å²) in [6.45, 7) is 4.91.